The summed E-state index contributed by atoms with van der Waals surface area (Å²) in [6.07, 6.45) is 3.58. The number of aryl methyl sites for hydroxylation is 2. The second-order valence-electron chi connectivity index (χ2n) is 7.12. The molecule has 126 valence electrons. The normalized spacial score (nSPS) is 21.1. The Kier molecular flexibility index (Phi) is 3.97. The molecular formula is C20H25N3S. The maximum Gasteiger partial charge on any atom is 0.0527 e. The third kappa shape index (κ3) is 2.58. The molecule has 1 atom stereocenters. The van der Waals surface area contributed by atoms with Crippen molar-refractivity contribution in [1.29, 1.82) is 0 Å². The fourth-order valence-electron chi connectivity index (χ4n) is 4.05. The molecule has 0 saturated carbocycles. The van der Waals surface area contributed by atoms with Gasteiger partial charge in [-0.1, -0.05) is 30.5 Å². The number of hydrogen-bond donors (Lipinski definition) is 1. The van der Waals surface area contributed by atoms with Gasteiger partial charge in [0, 0.05) is 42.6 Å². The first-order valence-electron chi connectivity index (χ1n) is 8.68. The molecule has 1 unspecified atom stereocenters. The molecule has 2 aliphatic heterocycles. The van der Waals surface area contributed by atoms with E-state index in [9.17, 15) is 0 Å². The molecule has 4 rings (SSSR count). The zero-order chi connectivity index (χ0) is 16.8. The van der Waals surface area contributed by atoms with Gasteiger partial charge in [0.15, 0.2) is 0 Å². The predicted molar refractivity (Wildman–Crippen MR) is 105 cm³/mol. The van der Waals surface area contributed by atoms with E-state index < -0.39 is 0 Å². The highest BCUT2D eigenvalue weighted by Gasteiger charge is 2.31. The summed E-state index contributed by atoms with van der Waals surface area (Å²) in [6, 6.07) is 11.2. The fourth-order valence-corrected chi connectivity index (χ4v) is 4.39. The van der Waals surface area contributed by atoms with Crippen LogP contribution in [0.15, 0.2) is 42.0 Å². The number of fused-ring (bicyclic) bond motifs is 1. The first-order chi connectivity index (χ1) is 11.5. The van der Waals surface area contributed by atoms with Crippen LogP contribution in [-0.4, -0.2) is 36.1 Å². The molecule has 2 aromatic rings. The molecule has 0 radical (unpaired) electrons. The summed E-state index contributed by atoms with van der Waals surface area (Å²) >= 11 is 4.75. The van der Waals surface area contributed by atoms with Crippen molar-refractivity contribution >= 4 is 18.5 Å². The predicted octanol–water partition coefficient (Wildman–Crippen LogP) is 4.10. The highest BCUT2D eigenvalue weighted by molar-refractivity contribution is 7.81. The number of benzene rings is 1. The molecule has 3 nitrogen and oxygen atoms in total. The minimum absolute atomic E-state index is 0.493. The van der Waals surface area contributed by atoms with Gasteiger partial charge in [-0.3, -0.25) is 0 Å². The largest absolute Gasteiger partial charge is 0.318 e. The van der Waals surface area contributed by atoms with Gasteiger partial charge in [0.25, 0.3) is 0 Å². The Morgan fingerprint density at radius 2 is 1.83 bits per heavy atom. The third-order valence-corrected chi connectivity index (χ3v) is 5.83. The van der Waals surface area contributed by atoms with E-state index in [1.165, 1.54) is 34.7 Å². The van der Waals surface area contributed by atoms with Crippen molar-refractivity contribution in [2.45, 2.75) is 26.2 Å². The molecule has 0 spiro atoms. The van der Waals surface area contributed by atoms with Crippen LogP contribution >= 0.6 is 12.8 Å². The minimum atomic E-state index is 0.493. The van der Waals surface area contributed by atoms with Crippen LogP contribution in [0.5, 0.6) is 0 Å². The van der Waals surface area contributed by atoms with Gasteiger partial charge >= 0.3 is 0 Å². The number of hydrogen-bond acceptors (Lipinski definition) is 3. The van der Waals surface area contributed by atoms with Crippen LogP contribution in [0.1, 0.15) is 29.3 Å². The van der Waals surface area contributed by atoms with Crippen molar-refractivity contribution < 1.29 is 0 Å². The van der Waals surface area contributed by atoms with E-state index in [1.54, 1.807) is 5.57 Å². The van der Waals surface area contributed by atoms with Crippen molar-refractivity contribution in [3.05, 3.63) is 58.9 Å². The van der Waals surface area contributed by atoms with Gasteiger partial charge < -0.3 is 13.8 Å². The summed E-state index contributed by atoms with van der Waals surface area (Å²) in [6.45, 7) is 7.51. The number of thiol groups is 1. The average molecular weight is 340 g/mol. The van der Waals surface area contributed by atoms with Gasteiger partial charge in [0.05, 0.1) is 5.69 Å². The highest BCUT2D eigenvalue weighted by Crippen LogP contribution is 2.43. The Morgan fingerprint density at radius 3 is 2.50 bits per heavy atom. The Morgan fingerprint density at radius 1 is 1.08 bits per heavy atom. The van der Waals surface area contributed by atoms with E-state index in [1.807, 2.05) is 0 Å². The van der Waals surface area contributed by atoms with Crippen molar-refractivity contribution in [3.8, 4) is 5.69 Å². The molecule has 0 fully saturated rings. The van der Waals surface area contributed by atoms with Gasteiger partial charge in [0.2, 0.25) is 0 Å². The van der Waals surface area contributed by atoms with Crippen molar-refractivity contribution in [1.82, 2.24) is 9.47 Å². The molecule has 0 amide bonds. The minimum Gasteiger partial charge on any atom is -0.318 e. The Hall–Kier alpha value is -1.65. The lowest BCUT2D eigenvalue weighted by Crippen LogP contribution is -2.26. The molecule has 24 heavy (non-hydrogen) atoms. The van der Waals surface area contributed by atoms with E-state index in [-0.39, 0.29) is 0 Å². The molecule has 2 aliphatic rings. The topological polar surface area (TPSA) is 11.4 Å². The number of anilines is 1. The van der Waals surface area contributed by atoms with Gasteiger partial charge in [-0.05, 0) is 57.1 Å². The maximum absolute atomic E-state index is 4.75. The molecule has 3 heterocycles. The Balaban J connectivity index is 1.72. The lowest BCUT2D eigenvalue weighted by molar-refractivity contribution is 0.354. The number of likely N-dealkylation sites (N-methyl/N-ethyl adjacent to an activating group) is 1. The molecular weight excluding hydrogens is 314 g/mol. The second kappa shape index (κ2) is 6.01. The van der Waals surface area contributed by atoms with Crippen molar-refractivity contribution in [3.63, 3.8) is 0 Å². The van der Waals surface area contributed by atoms with Crippen LogP contribution in [0.3, 0.4) is 0 Å². The number of nitrogens with zero attached hydrogens (tertiary/aromatic N) is 3. The molecule has 1 aromatic carbocycles. The number of rotatable bonds is 2. The van der Waals surface area contributed by atoms with Crippen molar-refractivity contribution in [2.75, 3.05) is 31.0 Å². The highest BCUT2D eigenvalue weighted by atomic mass is 32.1. The van der Waals surface area contributed by atoms with E-state index >= 15 is 0 Å². The van der Waals surface area contributed by atoms with Crippen LogP contribution in [0.25, 0.3) is 5.69 Å². The summed E-state index contributed by atoms with van der Waals surface area (Å²) in [4.78, 5) is 2.37. The van der Waals surface area contributed by atoms with Crippen LogP contribution in [-0.2, 0) is 0 Å². The Bertz CT molecular complexity index is 786. The van der Waals surface area contributed by atoms with E-state index in [2.05, 4.69) is 71.1 Å². The van der Waals surface area contributed by atoms with E-state index in [0.29, 0.717) is 5.92 Å². The summed E-state index contributed by atoms with van der Waals surface area (Å²) in [5, 5.41) is 0. The zero-order valence-corrected chi connectivity index (χ0v) is 15.6. The standard InChI is InChI=1S/C20H25N3S/c1-14-4-5-15(2)23(14)17-6-7-18-19(13-22(24)20(18)12-17)16-8-10-21(3)11-9-16/h4-8,12,19,24H,9-11,13H2,1-3H3. The monoisotopic (exact) mass is 339 g/mol. The molecule has 0 saturated heterocycles. The SMILES string of the molecule is Cc1ccc(C)n1-c1ccc2c(c1)N(S)CC2C1=CCN(C)CC1. The van der Waals surface area contributed by atoms with Gasteiger partial charge in [-0.2, -0.15) is 0 Å². The quantitative estimate of drug-likeness (QED) is 0.653. The van der Waals surface area contributed by atoms with Crippen molar-refractivity contribution in [2.24, 2.45) is 0 Å². The summed E-state index contributed by atoms with van der Waals surface area (Å²) in [5.74, 6) is 0.493. The first kappa shape index (κ1) is 15.9. The maximum atomic E-state index is 4.75. The van der Waals surface area contributed by atoms with Gasteiger partial charge in [-0.15, -0.1) is 0 Å². The van der Waals surface area contributed by atoms with Crippen LogP contribution < -0.4 is 4.31 Å². The van der Waals surface area contributed by atoms with Crippen LogP contribution in [0, 0.1) is 13.8 Å². The molecule has 1 aromatic heterocycles. The van der Waals surface area contributed by atoms with Crippen LogP contribution in [0.4, 0.5) is 5.69 Å². The second-order valence-corrected chi connectivity index (χ2v) is 7.60. The average Bonchev–Trinajstić information content (AvgIpc) is 3.08. The lowest BCUT2D eigenvalue weighted by atomic mass is 9.89. The van der Waals surface area contributed by atoms with E-state index in [0.717, 1.165) is 19.6 Å². The summed E-state index contributed by atoms with van der Waals surface area (Å²) in [7, 11) is 2.19. The number of aromatic nitrogens is 1. The first-order valence-corrected chi connectivity index (χ1v) is 9.08. The van der Waals surface area contributed by atoms with E-state index in [4.69, 9.17) is 12.8 Å². The fraction of sp³-hybridized carbons (Fsp3) is 0.400. The Labute approximate surface area is 150 Å². The summed E-state index contributed by atoms with van der Waals surface area (Å²) in [5.41, 5.74) is 8.02. The molecule has 0 aliphatic carbocycles. The smallest absolute Gasteiger partial charge is 0.0527 e. The summed E-state index contributed by atoms with van der Waals surface area (Å²) < 4.78 is 4.43. The molecule has 0 bridgehead atoms. The lowest BCUT2D eigenvalue weighted by Gasteiger charge is -2.25. The molecule has 0 N–H and O–H groups in total. The molecule has 4 heteroatoms. The van der Waals surface area contributed by atoms with Gasteiger partial charge in [-0.25, -0.2) is 0 Å². The van der Waals surface area contributed by atoms with Gasteiger partial charge in [0.1, 0.15) is 0 Å². The van der Waals surface area contributed by atoms with Crippen LogP contribution in [0.2, 0.25) is 0 Å². The zero-order valence-electron chi connectivity index (χ0n) is 14.7. The third-order valence-electron chi connectivity index (χ3n) is 5.45.